The SMILES string of the molecule is Cc1cnc(NC2COC2)nc1-c1sc2c(c1Cl)C(=O)N(Cc1ccc(F)c(F)c1)C21COC1. The quantitative estimate of drug-likeness (QED) is 0.563. The second-order valence-electron chi connectivity index (χ2n) is 8.72. The molecule has 2 fully saturated rings. The van der Waals surface area contributed by atoms with Crippen LogP contribution < -0.4 is 5.32 Å². The Morgan fingerprint density at radius 1 is 1.26 bits per heavy atom. The maximum atomic E-state index is 13.8. The van der Waals surface area contributed by atoms with Crippen LogP contribution in [0.15, 0.2) is 24.4 Å². The number of ether oxygens (including phenoxy) is 2. The van der Waals surface area contributed by atoms with Gasteiger partial charge in [-0.25, -0.2) is 18.7 Å². The average molecular weight is 505 g/mol. The van der Waals surface area contributed by atoms with E-state index in [1.54, 1.807) is 11.1 Å². The summed E-state index contributed by atoms with van der Waals surface area (Å²) >= 11 is 8.22. The van der Waals surface area contributed by atoms with E-state index < -0.39 is 17.2 Å². The van der Waals surface area contributed by atoms with Crippen LogP contribution in [0.2, 0.25) is 5.02 Å². The largest absolute Gasteiger partial charge is 0.377 e. The Hall–Kier alpha value is -2.66. The minimum atomic E-state index is -0.949. The van der Waals surface area contributed by atoms with E-state index in [-0.39, 0.29) is 18.5 Å². The summed E-state index contributed by atoms with van der Waals surface area (Å²) in [5, 5.41) is 3.57. The number of rotatable bonds is 5. The van der Waals surface area contributed by atoms with E-state index in [2.05, 4.69) is 15.3 Å². The van der Waals surface area contributed by atoms with Gasteiger partial charge in [-0.05, 0) is 30.2 Å². The summed E-state index contributed by atoms with van der Waals surface area (Å²) in [5.74, 6) is -1.65. The first kappa shape index (κ1) is 21.8. The summed E-state index contributed by atoms with van der Waals surface area (Å²) in [6, 6.07) is 3.82. The third-order valence-electron chi connectivity index (χ3n) is 6.41. The molecule has 1 N–H and O–H groups in total. The van der Waals surface area contributed by atoms with Crippen molar-refractivity contribution < 1.29 is 23.0 Å². The van der Waals surface area contributed by atoms with Crippen LogP contribution >= 0.6 is 22.9 Å². The van der Waals surface area contributed by atoms with Gasteiger partial charge in [0.25, 0.3) is 5.91 Å². The molecule has 176 valence electrons. The Bertz CT molecular complexity index is 1330. The Morgan fingerprint density at radius 3 is 2.71 bits per heavy atom. The Labute approximate surface area is 202 Å². The molecule has 0 atom stereocenters. The van der Waals surface area contributed by atoms with Crippen molar-refractivity contribution in [3.8, 4) is 10.6 Å². The molecule has 3 aromatic rings. The lowest BCUT2D eigenvalue weighted by Gasteiger charge is -2.45. The molecular formula is C23H19ClF2N4O3S. The fraction of sp³-hybridized carbons (Fsp3) is 0.348. The number of hydrogen-bond acceptors (Lipinski definition) is 7. The first-order valence-electron chi connectivity index (χ1n) is 10.7. The Kier molecular flexibility index (Phi) is 5.10. The van der Waals surface area contributed by atoms with Gasteiger partial charge in [0.05, 0.1) is 58.5 Å². The molecule has 2 aromatic heterocycles. The van der Waals surface area contributed by atoms with Crippen molar-refractivity contribution >= 4 is 34.8 Å². The first-order chi connectivity index (χ1) is 16.4. The van der Waals surface area contributed by atoms with Crippen molar-refractivity contribution in [3.05, 3.63) is 62.6 Å². The molecule has 3 aliphatic heterocycles. The number of nitrogens with one attached hydrogen (secondary N) is 1. The lowest BCUT2D eigenvalue weighted by molar-refractivity contribution is -0.126. The number of hydrogen-bond donors (Lipinski definition) is 1. The molecule has 5 heterocycles. The fourth-order valence-corrected chi connectivity index (χ4v) is 6.25. The fourth-order valence-electron chi connectivity index (χ4n) is 4.40. The number of thiophene rings is 1. The van der Waals surface area contributed by atoms with Crippen molar-refractivity contribution in [3.63, 3.8) is 0 Å². The van der Waals surface area contributed by atoms with Crippen LogP contribution in [0.25, 0.3) is 10.6 Å². The number of carbonyl (C=O) groups excluding carboxylic acids is 1. The average Bonchev–Trinajstić information content (AvgIpc) is 3.21. The number of aryl methyl sites for hydroxylation is 1. The van der Waals surface area contributed by atoms with E-state index in [4.69, 9.17) is 21.1 Å². The van der Waals surface area contributed by atoms with Crippen LogP contribution in [0.4, 0.5) is 14.7 Å². The number of amides is 1. The number of aromatic nitrogens is 2. The lowest BCUT2D eigenvalue weighted by atomic mass is 9.94. The summed E-state index contributed by atoms with van der Waals surface area (Å²) < 4.78 is 37.9. The van der Waals surface area contributed by atoms with Gasteiger partial charge in [0.2, 0.25) is 5.95 Å². The van der Waals surface area contributed by atoms with Gasteiger partial charge >= 0.3 is 0 Å². The maximum absolute atomic E-state index is 13.8. The Morgan fingerprint density at radius 2 is 2.06 bits per heavy atom. The summed E-state index contributed by atoms with van der Waals surface area (Å²) in [6.45, 7) is 3.84. The van der Waals surface area contributed by atoms with Crippen LogP contribution in [0.5, 0.6) is 0 Å². The molecule has 1 aromatic carbocycles. The van der Waals surface area contributed by atoms with Gasteiger partial charge in [0.1, 0.15) is 5.54 Å². The van der Waals surface area contributed by atoms with E-state index in [0.717, 1.165) is 22.6 Å². The molecule has 0 unspecified atom stereocenters. The molecule has 3 aliphatic rings. The number of halogens is 3. The zero-order valence-electron chi connectivity index (χ0n) is 18.0. The number of nitrogens with zero attached hydrogens (tertiary/aromatic N) is 3. The van der Waals surface area contributed by atoms with Gasteiger partial charge in [0.15, 0.2) is 11.6 Å². The molecule has 0 radical (unpaired) electrons. The lowest BCUT2D eigenvalue weighted by Crippen LogP contribution is -2.56. The second-order valence-corrected chi connectivity index (χ2v) is 10.1. The van der Waals surface area contributed by atoms with E-state index >= 15 is 0 Å². The first-order valence-corrected chi connectivity index (χ1v) is 11.9. The van der Waals surface area contributed by atoms with E-state index in [0.29, 0.717) is 59.1 Å². The highest BCUT2D eigenvalue weighted by Crippen LogP contribution is 2.54. The van der Waals surface area contributed by atoms with Crippen LogP contribution in [0.3, 0.4) is 0 Å². The van der Waals surface area contributed by atoms with Crippen molar-refractivity contribution in [2.24, 2.45) is 0 Å². The summed E-state index contributed by atoms with van der Waals surface area (Å²) in [4.78, 5) is 25.7. The highest BCUT2D eigenvalue weighted by Gasteiger charge is 2.57. The summed E-state index contributed by atoms with van der Waals surface area (Å²) in [7, 11) is 0. The molecule has 0 aliphatic carbocycles. The molecular weight excluding hydrogens is 486 g/mol. The normalized spacial score (nSPS) is 18.7. The molecule has 6 rings (SSSR count). The predicted molar refractivity (Wildman–Crippen MR) is 122 cm³/mol. The van der Waals surface area contributed by atoms with Crippen molar-refractivity contribution in [2.75, 3.05) is 31.7 Å². The molecule has 1 amide bonds. The molecule has 11 heteroatoms. The summed E-state index contributed by atoms with van der Waals surface area (Å²) in [5.41, 5.74) is 1.73. The van der Waals surface area contributed by atoms with Gasteiger partial charge in [-0.2, -0.15) is 0 Å². The number of benzene rings is 1. The van der Waals surface area contributed by atoms with Gasteiger partial charge in [-0.15, -0.1) is 11.3 Å². The smallest absolute Gasteiger partial charge is 0.257 e. The van der Waals surface area contributed by atoms with Gasteiger partial charge in [0, 0.05) is 12.7 Å². The van der Waals surface area contributed by atoms with Gasteiger partial charge < -0.3 is 19.7 Å². The molecule has 7 nitrogen and oxygen atoms in total. The zero-order valence-corrected chi connectivity index (χ0v) is 19.6. The monoisotopic (exact) mass is 504 g/mol. The summed E-state index contributed by atoms with van der Waals surface area (Å²) in [6.07, 6.45) is 1.73. The minimum absolute atomic E-state index is 0.122. The van der Waals surface area contributed by atoms with E-state index in [1.165, 1.54) is 17.4 Å². The van der Waals surface area contributed by atoms with Gasteiger partial charge in [-0.1, -0.05) is 17.7 Å². The van der Waals surface area contributed by atoms with E-state index in [9.17, 15) is 13.6 Å². The molecule has 0 bridgehead atoms. The van der Waals surface area contributed by atoms with Gasteiger partial charge in [-0.3, -0.25) is 4.79 Å². The molecule has 0 saturated carbocycles. The highest BCUT2D eigenvalue weighted by molar-refractivity contribution is 7.17. The topological polar surface area (TPSA) is 76.6 Å². The van der Waals surface area contributed by atoms with Crippen molar-refractivity contribution in [2.45, 2.75) is 25.0 Å². The predicted octanol–water partition coefficient (Wildman–Crippen LogP) is 4.14. The third-order valence-corrected chi connectivity index (χ3v) is 8.29. The zero-order chi connectivity index (χ0) is 23.6. The number of carbonyl (C=O) groups is 1. The van der Waals surface area contributed by atoms with Crippen LogP contribution in [-0.4, -0.2) is 53.2 Å². The Balaban J connectivity index is 1.37. The molecule has 1 spiro atoms. The standard InChI is InChI=1S/C23H19ClF2N4O3S/c1-11-5-27-22(28-13-7-32-8-13)29-18(11)19-17(24)16-20(34-19)23(9-33-10-23)30(21(16)31)6-12-2-3-14(25)15(26)4-12/h2-5,13H,6-10H2,1H3,(H,27,28,29). The van der Waals surface area contributed by atoms with Crippen LogP contribution in [0.1, 0.15) is 26.4 Å². The van der Waals surface area contributed by atoms with Crippen LogP contribution in [-0.2, 0) is 21.6 Å². The minimum Gasteiger partial charge on any atom is -0.377 e. The molecule has 2 saturated heterocycles. The highest BCUT2D eigenvalue weighted by atomic mass is 35.5. The second kappa shape index (κ2) is 7.94. The third kappa shape index (κ3) is 3.24. The molecule has 34 heavy (non-hydrogen) atoms. The number of anilines is 1. The number of fused-ring (bicyclic) bond motifs is 2. The van der Waals surface area contributed by atoms with E-state index in [1.807, 2.05) is 6.92 Å². The van der Waals surface area contributed by atoms with Crippen molar-refractivity contribution in [1.29, 1.82) is 0 Å². The van der Waals surface area contributed by atoms with Crippen LogP contribution in [0, 0.1) is 18.6 Å². The van der Waals surface area contributed by atoms with Crippen molar-refractivity contribution in [1.82, 2.24) is 14.9 Å². The maximum Gasteiger partial charge on any atom is 0.257 e.